The van der Waals surface area contributed by atoms with E-state index in [0.717, 1.165) is 22.3 Å². The molecule has 0 atom stereocenters. The molecule has 0 aliphatic rings. The number of aromatic amines is 2. The average molecular weight is 442 g/mol. The van der Waals surface area contributed by atoms with Gasteiger partial charge in [0.25, 0.3) is 0 Å². The lowest BCUT2D eigenvalue weighted by Crippen LogP contribution is -2.04. The zero-order valence-corrected chi connectivity index (χ0v) is 17.6. The summed E-state index contributed by atoms with van der Waals surface area (Å²) in [6, 6.07) is 15.7. The van der Waals surface area contributed by atoms with Crippen LogP contribution in [0.3, 0.4) is 0 Å². The van der Waals surface area contributed by atoms with Crippen LogP contribution in [0.4, 0.5) is 10.1 Å². The highest BCUT2D eigenvalue weighted by Crippen LogP contribution is 2.31. The van der Waals surface area contributed by atoms with Gasteiger partial charge < -0.3 is 24.8 Å². The van der Waals surface area contributed by atoms with Gasteiger partial charge in [-0.25, -0.2) is 9.18 Å². The molecule has 0 fully saturated rings. The second-order valence-corrected chi connectivity index (χ2v) is 7.30. The number of halogens is 2. The van der Waals surface area contributed by atoms with Crippen LogP contribution in [0, 0.1) is 5.82 Å². The predicted octanol–water partition coefficient (Wildman–Crippen LogP) is 5.24. The Morgan fingerprint density at radius 1 is 1.00 bits per heavy atom. The molecule has 4 rings (SSSR count). The van der Waals surface area contributed by atoms with Crippen molar-refractivity contribution in [2.24, 2.45) is 0 Å². The average Bonchev–Trinajstić information content (AvgIpc) is 3.12. The summed E-state index contributed by atoms with van der Waals surface area (Å²) in [5, 5.41) is 3.64. The topological polar surface area (TPSA) is 79.1 Å². The van der Waals surface area contributed by atoms with Crippen molar-refractivity contribution in [2.75, 3.05) is 11.9 Å². The van der Waals surface area contributed by atoms with Gasteiger partial charge in [-0.2, -0.15) is 0 Å². The monoisotopic (exact) mass is 441 g/mol. The second kappa shape index (κ2) is 9.14. The van der Waals surface area contributed by atoms with E-state index in [2.05, 4.69) is 15.3 Å². The first kappa shape index (κ1) is 20.8. The lowest BCUT2D eigenvalue weighted by Gasteiger charge is -2.15. The van der Waals surface area contributed by atoms with Gasteiger partial charge in [0.2, 0.25) is 0 Å². The molecule has 0 aliphatic heterocycles. The number of aromatic nitrogens is 2. The molecule has 0 saturated carbocycles. The molecule has 160 valence electrons. The van der Waals surface area contributed by atoms with Gasteiger partial charge in [0.05, 0.1) is 22.7 Å². The number of H-pyrrole nitrogens is 2. The van der Waals surface area contributed by atoms with Crippen molar-refractivity contribution in [3.8, 4) is 11.5 Å². The van der Waals surface area contributed by atoms with Crippen molar-refractivity contribution < 1.29 is 13.9 Å². The highest BCUT2D eigenvalue weighted by atomic mass is 35.5. The molecule has 0 bridgehead atoms. The van der Waals surface area contributed by atoms with Crippen LogP contribution in [0.5, 0.6) is 11.5 Å². The minimum Gasteiger partial charge on any atom is -0.490 e. The lowest BCUT2D eigenvalue weighted by atomic mass is 10.2. The van der Waals surface area contributed by atoms with Crippen LogP contribution in [-0.2, 0) is 13.2 Å². The van der Waals surface area contributed by atoms with Gasteiger partial charge in [0.15, 0.2) is 11.5 Å². The third-order valence-corrected chi connectivity index (χ3v) is 5.11. The number of nitrogens with one attached hydrogen (secondary N) is 3. The number of hydrogen-bond donors (Lipinski definition) is 3. The van der Waals surface area contributed by atoms with Crippen LogP contribution >= 0.6 is 11.6 Å². The molecular formula is C23H21ClFN3O3. The number of fused-ring (bicyclic) bond motifs is 1. The molecule has 1 heterocycles. The van der Waals surface area contributed by atoms with Gasteiger partial charge in [-0.15, -0.1) is 0 Å². The number of anilines is 1. The van der Waals surface area contributed by atoms with Crippen LogP contribution < -0.4 is 20.5 Å². The van der Waals surface area contributed by atoms with Crippen LogP contribution in [0.15, 0.2) is 59.4 Å². The smallest absolute Gasteiger partial charge is 0.323 e. The maximum absolute atomic E-state index is 14.0. The van der Waals surface area contributed by atoms with E-state index in [0.29, 0.717) is 35.2 Å². The minimum atomic E-state index is -0.410. The normalized spacial score (nSPS) is 10.9. The first-order chi connectivity index (χ1) is 15.0. The minimum absolute atomic E-state index is 0.00193. The Kier molecular flexibility index (Phi) is 6.13. The summed E-state index contributed by atoms with van der Waals surface area (Å²) in [4.78, 5) is 16.9. The second-order valence-electron chi connectivity index (χ2n) is 6.90. The van der Waals surface area contributed by atoms with E-state index in [4.69, 9.17) is 21.1 Å². The van der Waals surface area contributed by atoms with Gasteiger partial charge in [-0.1, -0.05) is 23.7 Å². The highest BCUT2D eigenvalue weighted by molar-refractivity contribution is 6.31. The number of hydrogen-bond acceptors (Lipinski definition) is 4. The number of imidazole rings is 1. The van der Waals surface area contributed by atoms with Crippen LogP contribution in [0.1, 0.15) is 18.1 Å². The predicted molar refractivity (Wildman–Crippen MR) is 120 cm³/mol. The maximum Gasteiger partial charge on any atom is 0.323 e. The van der Waals surface area contributed by atoms with Gasteiger partial charge in [0.1, 0.15) is 12.4 Å². The van der Waals surface area contributed by atoms with E-state index in [-0.39, 0.29) is 12.3 Å². The summed E-state index contributed by atoms with van der Waals surface area (Å²) in [6.07, 6.45) is 0. The van der Waals surface area contributed by atoms with Crippen LogP contribution in [0.2, 0.25) is 5.02 Å². The fraction of sp³-hybridized carbons (Fsp3) is 0.174. The van der Waals surface area contributed by atoms with E-state index >= 15 is 0 Å². The van der Waals surface area contributed by atoms with Crippen molar-refractivity contribution in [3.63, 3.8) is 0 Å². The summed E-state index contributed by atoms with van der Waals surface area (Å²) in [7, 11) is 0. The molecule has 8 heteroatoms. The molecule has 0 radical (unpaired) electrons. The van der Waals surface area contributed by atoms with Crippen molar-refractivity contribution in [1.82, 2.24) is 9.97 Å². The fourth-order valence-corrected chi connectivity index (χ4v) is 3.43. The van der Waals surface area contributed by atoms with E-state index in [9.17, 15) is 9.18 Å². The SMILES string of the molecule is CCOc1cc(CNc2ccc3[nH]c(=O)[nH]c3c2)ccc1OCc1c(F)cccc1Cl. The molecule has 0 saturated heterocycles. The van der Waals surface area contributed by atoms with Gasteiger partial charge in [-0.3, -0.25) is 0 Å². The molecule has 6 nitrogen and oxygen atoms in total. The largest absolute Gasteiger partial charge is 0.490 e. The lowest BCUT2D eigenvalue weighted by molar-refractivity contribution is 0.265. The Morgan fingerprint density at radius 3 is 2.65 bits per heavy atom. The molecule has 0 unspecified atom stereocenters. The summed E-state index contributed by atoms with van der Waals surface area (Å²) in [6.45, 7) is 2.89. The number of ether oxygens (including phenoxy) is 2. The summed E-state index contributed by atoms with van der Waals surface area (Å²) < 4.78 is 25.5. The Balaban J connectivity index is 1.47. The van der Waals surface area contributed by atoms with Gasteiger partial charge in [0, 0.05) is 17.8 Å². The summed E-state index contributed by atoms with van der Waals surface area (Å²) >= 11 is 6.08. The highest BCUT2D eigenvalue weighted by Gasteiger charge is 2.11. The van der Waals surface area contributed by atoms with Gasteiger partial charge in [-0.05, 0) is 55.0 Å². The molecule has 0 amide bonds. The van der Waals surface area contributed by atoms with E-state index in [1.807, 2.05) is 37.3 Å². The van der Waals surface area contributed by atoms with Gasteiger partial charge >= 0.3 is 5.69 Å². The first-order valence-corrected chi connectivity index (χ1v) is 10.2. The third-order valence-electron chi connectivity index (χ3n) is 4.75. The molecular weight excluding hydrogens is 421 g/mol. The van der Waals surface area contributed by atoms with Crippen LogP contribution in [-0.4, -0.2) is 16.6 Å². The summed E-state index contributed by atoms with van der Waals surface area (Å²) in [5.74, 6) is 0.669. The maximum atomic E-state index is 14.0. The Bertz CT molecular complexity index is 1250. The molecule has 0 aliphatic carbocycles. The number of rotatable bonds is 8. The molecule has 3 aromatic carbocycles. The van der Waals surface area contributed by atoms with Crippen LogP contribution in [0.25, 0.3) is 11.0 Å². The van der Waals surface area contributed by atoms with E-state index < -0.39 is 5.82 Å². The Labute approximate surface area is 183 Å². The molecule has 1 aromatic heterocycles. The van der Waals surface area contributed by atoms with E-state index in [1.54, 1.807) is 18.2 Å². The zero-order chi connectivity index (χ0) is 21.8. The Morgan fingerprint density at radius 2 is 1.84 bits per heavy atom. The van der Waals surface area contributed by atoms with Crippen molar-refractivity contribution in [3.05, 3.63) is 87.0 Å². The molecule has 4 aromatic rings. The number of benzene rings is 3. The summed E-state index contributed by atoms with van der Waals surface area (Å²) in [5.41, 5.74) is 3.40. The Hall–Kier alpha value is -3.45. The standard InChI is InChI=1S/C23H21ClFN3O3/c1-2-30-22-10-14(12-26-15-7-8-19-20(11-15)28-23(29)27-19)6-9-21(22)31-13-16-17(24)4-3-5-18(16)25/h3-11,26H,2,12-13H2,1H3,(H2,27,28,29). The van der Waals surface area contributed by atoms with E-state index in [1.165, 1.54) is 6.07 Å². The first-order valence-electron chi connectivity index (χ1n) is 9.81. The molecule has 31 heavy (non-hydrogen) atoms. The van der Waals surface area contributed by atoms with Crippen molar-refractivity contribution in [1.29, 1.82) is 0 Å². The molecule has 3 N–H and O–H groups in total. The van der Waals surface area contributed by atoms with Crippen molar-refractivity contribution >= 4 is 28.3 Å². The molecule has 0 spiro atoms. The fourth-order valence-electron chi connectivity index (χ4n) is 3.22. The van der Waals surface area contributed by atoms with Crippen molar-refractivity contribution in [2.45, 2.75) is 20.1 Å². The quantitative estimate of drug-likeness (QED) is 0.349. The zero-order valence-electron chi connectivity index (χ0n) is 16.8. The third kappa shape index (κ3) is 4.83.